The lowest BCUT2D eigenvalue weighted by Gasteiger charge is -2.29. The SMILES string of the molecule is C[C@H]1CC[C@H](Oc2ccc(-c3csc(N(Cc4ccccc4C(=O)O)C4CCCC4)n3)cc2)CC1. The molecular weight excluding hydrogens is 456 g/mol. The third kappa shape index (κ3) is 5.69. The van der Waals surface area contributed by atoms with Crippen LogP contribution in [0.15, 0.2) is 53.9 Å². The summed E-state index contributed by atoms with van der Waals surface area (Å²) in [5.74, 6) is 0.871. The molecule has 0 aliphatic heterocycles. The van der Waals surface area contributed by atoms with Gasteiger partial charge in [-0.1, -0.05) is 38.0 Å². The first-order valence-corrected chi connectivity index (χ1v) is 13.8. The van der Waals surface area contributed by atoms with Crippen LogP contribution in [0.2, 0.25) is 0 Å². The predicted molar refractivity (Wildman–Crippen MR) is 141 cm³/mol. The van der Waals surface area contributed by atoms with Gasteiger partial charge in [0.1, 0.15) is 5.75 Å². The van der Waals surface area contributed by atoms with E-state index >= 15 is 0 Å². The number of benzene rings is 2. The minimum atomic E-state index is -0.878. The van der Waals surface area contributed by atoms with Gasteiger partial charge in [-0.05, 0) is 80.3 Å². The van der Waals surface area contributed by atoms with E-state index in [9.17, 15) is 9.90 Å². The number of hydrogen-bond acceptors (Lipinski definition) is 5. The number of carbonyl (C=O) groups is 1. The Morgan fingerprint density at radius 3 is 2.46 bits per heavy atom. The summed E-state index contributed by atoms with van der Waals surface area (Å²) in [5, 5.41) is 12.7. The molecule has 1 heterocycles. The van der Waals surface area contributed by atoms with E-state index in [4.69, 9.17) is 9.72 Å². The van der Waals surface area contributed by atoms with Crippen LogP contribution in [0.1, 0.15) is 74.2 Å². The molecule has 2 aromatic carbocycles. The van der Waals surface area contributed by atoms with Gasteiger partial charge in [0.05, 0.1) is 17.4 Å². The molecule has 6 heteroatoms. The van der Waals surface area contributed by atoms with Gasteiger partial charge in [0.15, 0.2) is 5.13 Å². The van der Waals surface area contributed by atoms with Gasteiger partial charge < -0.3 is 14.7 Å². The first-order chi connectivity index (χ1) is 17.1. The van der Waals surface area contributed by atoms with Gasteiger partial charge >= 0.3 is 5.97 Å². The van der Waals surface area contributed by atoms with E-state index < -0.39 is 5.97 Å². The Bertz CT molecular complexity index is 1130. The van der Waals surface area contributed by atoms with E-state index in [0.29, 0.717) is 24.3 Å². The van der Waals surface area contributed by atoms with Crippen LogP contribution in [0.3, 0.4) is 0 Å². The van der Waals surface area contributed by atoms with Crippen LogP contribution >= 0.6 is 11.3 Å². The molecule has 3 aromatic rings. The molecule has 0 saturated heterocycles. The Kier molecular flexibility index (Phi) is 7.37. The van der Waals surface area contributed by atoms with Crippen LogP contribution in [0.4, 0.5) is 5.13 Å². The quantitative estimate of drug-likeness (QED) is 0.356. The van der Waals surface area contributed by atoms with Crippen molar-refractivity contribution < 1.29 is 14.6 Å². The molecule has 2 aliphatic rings. The summed E-state index contributed by atoms with van der Waals surface area (Å²) in [4.78, 5) is 19.1. The monoisotopic (exact) mass is 490 g/mol. The first-order valence-electron chi connectivity index (χ1n) is 12.9. The Morgan fingerprint density at radius 1 is 1.03 bits per heavy atom. The second kappa shape index (κ2) is 10.8. The molecule has 5 nitrogen and oxygen atoms in total. The highest BCUT2D eigenvalue weighted by Gasteiger charge is 2.27. The summed E-state index contributed by atoms with van der Waals surface area (Å²) >= 11 is 1.64. The van der Waals surface area contributed by atoms with Crippen LogP contribution in [-0.2, 0) is 6.54 Å². The van der Waals surface area contributed by atoms with Crippen molar-refractivity contribution in [2.45, 2.75) is 77.0 Å². The van der Waals surface area contributed by atoms with Gasteiger partial charge in [0, 0.05) is 23.5 Å². The normalized spacial score (nSPS) is 20.6. The zero-order valence-corrected chi connectivity index (χ0v) is 21.2. The summed E-state index contributed by atoms with van der Waals surface area (Å²) in [6.45, 7) is 2.89. The highest BCUT2D eigenvalue weighted by atomic mass is 32.1. The molecule has 2 aliphatic carbocycles. The Balaban J connectivity index is 1.33. The van der Waals surface area contributed by atoms with Crippen LogP contribution in [0.25, 0.3) is 11.3 Å². The minimum absolute atomic E-state index is 0.330. The topological polar surface area (TPSA) is 62.7 Å². The van der Waals surface area contributed by atoms with Crippen molar-refractivity contribution >= 4 is 22.4 Å². The van der Waals surface area contributed by atoms with Gasteiger partial charge in [-0.15, -0.1) is 11.3 Å². The van der Waals surface area contributed by atoms with Gasteiger partial charge in [-0.2, -0.15) is 0 Å². The van der Waals surface area contributed by atoms with Crippen molar-refractivity contribution in [1.82, 2.24) is 4.98 Å². The number of aromatic carboxylic acids is 1. The van der Waals surface area contributed by atoms with Crippen LogP contribution in [-0.4, -0.2) is 28.2 Å². The fourth-order valence-corrected chi connectivity index (χ4v) is 6.30. The molecule has 0 bridgehead atoms. The standard InChI is InChI=1S/C29H34N2O3S/c1-20-10-14-24(15-11-20)34-25-16-12-21(13-17-25)27-19-35-29(30-27)31(23-7-3-4-8-23)18-22-6-2-5-9-26(22)28(32)33/h2,5-6,9,12-13,16-17,19-20,23-24H,3-4,7-8,10-11,14-15,18H2,1H3,(H,32,33)/t20-,24-. The molecule has 2 saturated carbocycles. The lowest BCUT2D eigenvalue weighted by molar-refractivity contribution is 0.0695. The molecule has 0 atom stereocenters. The van der Waals surface area contributed by atoms with Crippen molar-refractivity contribution in [1.29, 1.82) is 0 Å². The zero-order chi connectivity index (χ0) is 24.2. The molecule has 1 aromatic heterocycles. The van der Waals surface area contributed by atoms with Crippen LogP contribution in [0.5, 0.6) is 5.75 Å². The molecule has 5 rings (SSSR count). The van der Waals surface area contributed by atoms with Crippen molar-refractivity contribution in [2.75, 3.05) is 4.90 Å². The van der Waals surface area contributed by atoms with E-state index in [1.54, 1.807) is 23.5 Å². The third-order valence-corrected chi connectivity index (χ3v) is 8.39. The second-order valence-corrected chi connectivity index (χ2v) is 10.9. The average molecular weight is 491 g/mol. The van der Waals surface area contributed by atoms with Crippen LogP contribution < -0.4 is 9.64 Å². The average Bonchev–Trinajstić information content (AvgIpc) is 3.58. The molecule has 0 unspecified atom stereocenters. The van der Waals surface area contributed by atoms with Crippen molar-refractivity contribution in [3.05, 3.63) is 65.0 Å². The zero-order valence-electron chi connectivity index (χ0n) is 20.4. The van der Waals surface area contributed by atoms with Crippen LogP contribution in [0, 0.1) is 5.92 Å². The fourth-order valence-electron chi connectivity index (χ4n) is 5.39. The summed E-state index contributed by atoms with van der Waals surface area (Å²) in [6, 6.07) is 16.0. The van der Waals surface area contributed by atoms with Crippen molar-refractivity contribution in [2.24, 2.45) is 5.92 Å². The second-order valence-electron chi connectivity index (χ2n) is 10.1. The van der Waals surface area contributed by atoms with E-state index in [-0.39, 0.29) is 0 Å². The predicted octanol–water partition coefficient (Wildman–Crippen LogP) is 7.42. The molecule has 35 heavy (non-hydrogen) atoms. The number of hydrogen-bond donors (Lipinski definition) is 1. The van der Waals surface area contributed by atoms with Gasteiger partial charge in [0.25, 0.3) is 0 Å². The summed E-state index contributed by atoms with van der Waals surface area (Å²) in [7, 11) is 0. The van der Waals surface area contributed by atoms with E-state index in [1.165, 1.54) is 25.7 Å². The number of thiazole rings is 1. The van der Waals surface area contributed by atoms with E-state index in [2.05, 4.69) is 41.5 Å². The number of rotatable bonds is 8. The number of carboxylic acid groups (broad SMARTS) is 1. The molecule has 184 valence electrons. The first kappa shape index (κ1) is 23.9. The summed E-state index contributed by atoms with van der Waals surface area (Å²) in [6.07, 6.45) is 9.77. The lowest BCUT2D eigenvalue weighted by atomic mass is 9.89. The van der Waals surface area contributed by atoms with Gasteiger partial charge in [0.2, 0.25) is 0 Å². The smallest absolute Gasteiger partial charge is 0.336 e. The maximum Gasteiger partial charge on any atom is 0.336 e. The molecule has 2 fully saturated rings. The number of nitrogens with zero attached hydrogens (tertiary/aromatic N) is 2. The molecular formula is C29H34N2O3S. The maximum atomic E-state index is 11.8. The van der Waals surface area contributed by atoms with Crippen molar-refractivity contribution in [3.8, 4) is 17.0 Å². The number of ether oxygens (including phenoxy) is 1. The molecule has 0 radical (unpaired) electrons. The number of carboxylic acids is 1. The number of aromatic nitrogens is 1. The largest absolute Gasteiger partial charge is 0.490 e. The maximum absolute atomic E-state index is 11.8. The Morgan fingerprint density at radius 2 is 1.74 bits per heavy atom. The Labute approximate surface area is 211 Å². The van der Waals surface area contributed by atoms with Crippen molar-refractivity contribution in [3.63, 3.8) is 0 Å². The third-order valence-electron chi connectivity index (χ3n) is 7.51. The highest BCUT2D eigenvalue weighted by Crippen LogP contribution is 2.35. The fraction of sp³-hybridized carbons (Fsp3) is 0.448. The molecule has 1 N–H and O–H groups in total. The molecule has 0 amide bonds. The highest BCUT2D eigenvalue weighted by molar-refractivity contribution is 7.14. The minimum Gasteiger partial charge on any atom is -0.490 e. The summed E-state index contributed by atoms with van der Waals surface area (Å²) < 4.78 is 6.23. The molecule has 0 spiro atoms. The van der Waals surface area contributed by atoms with E-state index in [1.807, 2.05) is 12.1 Å². The Hall–Kier alpha value is -2.86. The van der Waals surface area contributed by atoms with Gasteiger partial charge in [-0.25, -0.2) is 9.78 Å². The lowest BCUT2D eigenvalue weighted by Crippen LogP contribution is -2.33. The van der Waals surface area contributed by atoms with Gasteiger partial charge in [-0.3, -0.25) is 0 Å². The summed E-state index contributed by atoms with van der Waals surface area (Å²) in [5.41, 5.74) is 3.24. The van der Waals surface area contributed by atoms with E-state index in [0.717, 1.165) is 59.3 Å². The number of anilines is 1.